The Kier molecular flexibility index (Phi) is 5.30. The van der Waals surface area contributed by atoms with Crippen LogP contribution in [0.4, 0.5) is 5.69 Å². The van der Waals surface area contributed by atoms with Crippen LogP contribution in [0.3, 0.4) is 0 Å². The molecule has 2 amide bonds. The maximum Gasteiger partial charge on any atom is 0.264 e. The van der Waals surface area contributed by atoms with Crippen LogP contribution >= 0.6 is 22.9 Å². The zero-order valence-corrected chi connectivity index (χ0v) is 15.6. The van der Waals surface area contributed by atoms with Gasteiger partial charge in [0.25, 0.3) is 5.91 Å². The zero-order valence-electron chi connectivity index (χ0n) is 14.0. The number of hydrogen-bond donors (Lipinski definition) is 1. The van der Waals surface area contributed by atoms with E-state index in [2.05, 4.69) is 5.32 Å². The van der Waals surface area contributed by atoms with Crippen LogP contribution < -0.4 is 10.1 Å². The van der Waals surface area contributed by atoms with Crippen molar-refractivity contribution in [3.8, 4) is 5.75 Å². The molecule has 3 rings (SSSR count). The van der Waals surface area contributed by atoms with Gasteiger partial charge in [0.1, 0.15) is 11.8 Å². The number of aryl methyl sites for hydroxylation is 1. The average Bonchev–Trinajstić information content (AvgIpc) is 3.28. The van der Waals surface area contributed by atoms with Gasteiger partial charge in [-0.15, -0.1) is 11.3 Å². The smallest absolute Gasteiger partial charge is 0.264 e. The Bertz CT molecular complexity index is 792. The molecular formula is C18H19ClN2O3S. The lowest BCUT2D eigenvalue weighted by Crippen LogP contribution is -2.43. The lowest BCUT2D eigenvalue weighted by Gasteiger charge is -2.24. The fourth-order valence-electron chi connectivity index (χ4n) is 2.97. The van der Waals surface area contributed by atoms with Gasteiger partial charge in [0.2, 0.25) is 5.91 Å². The highest BCUT2D eigenvalue weighted by atomic mass is 35.5. The molecule has 0 radical (unpaired) electrons. The summed E-state index contributed by atoms with van der Waals surface area (Å²) in [5.74, 6) is 0.201. The van der Waals surface area contributed by atoms with E-state index in [1.54, 1.807) is 23.1 Å². The van der Waals surface area contributed by atoms with Crippen molar-refractivity contribution in [1.82, 2.24) is 4.90 Å². The number of nitrogens with zero attached hydrogens (tertiary/aromatic N) is 1. The molecule has 1 atom stereocenters. The average molecular weight is 379 g/mol. The van der Waals surface area contributed by atoms with Gasteiger partial charge in [-0.25, -0.2) is 0 Å². The third kappa shape index (κ3) is 3.65. The number of hydrogen-bond acceptors (Lipinski definition) is 4. The summed E-state index contributed by atoms with van der Waals surface area (Å²) < 4.78 is 5.30. The van der Waals surface area contributed by atoms with Crippen LogP contribution in [0.25, 0.3) is 0 Å². The number of likely N-dealkylation sites (tertiary alicyclic amines) is 1. The highest BCUT2D eigenvalue weighted by Gasteiger charge is 2.35. The SMILES string of the molecule is COc1cc(Cl)c(C)cc1NC(=O)[C@H]1CCCN1C(=O)c1cccs1. The molecule has 1 aromatic carbocycles. The van der Waals surface area contributed by atoms with E-state index in [9.17, 15) is 9.59 Å². The molecule has 0 spiro atoms. The van der Waals surface area contributed by atoms with E-state index in [0.29, 0.717) is 34.3 Å². The Morgan fingerprint density at radius 3 is 2.88 bits per heavy atom. The number of methoxy groups -OCH3 is 1. The lowest BCUT2D eigenvalue weighted by atomic mass is 10.1. The first-order chi connectivity index (χ1) is 12.0. The second-order valence-electron chi connectivity index (χ2n) is 5.92. The summed E-state index contributed by atoms with van der Waals surface area (Å²) in [4.78, 5) is 27.7. The number of nitrogens with one attached hydrogen (secondary N) is 1. The molecule has 2 heterocycles. The predicted octanol–water partition coefficient (Wildman–Crippen LogP) is 3.96. The minimum absolute atomic E-state index is 0.0908. The predicted molar refractivity (Wildman–Crippen MR) is 99.7 cm³/mol. The van der Waals surface area contributed by atoms with Crippen molar-refractivity contribution in [1.29, 1.82) is 0 Å². The van der Waals surface area contributed by atoms with Gasteiger partial charge in [0.05, 0.1) is 17.7 Å². The largest absolute Gasteiger partial charge is 0.495 e. The number of anilines is 1. The van der Waals surface area contributed by atoms with Gasteiger partial charge >= 0.3 is 0 Å². The number of ether oxygens (including phenoxy) is 1. The summed E-state index contributed by atoms with van der Waals surface area (Å²) >= 11 is 7.49. The second kappa shape index (κ2) is 7.45. The number of carbonyl (C=O) groups excluding carboxylic acids is 2. The van der Waals surface area contributed by atoms with Crippen LogP contribution in [0.1, 0.15) is 28.1 Å². The number of amides is 2. The number of thiophene rings is 1. The van der Waals surface area contributed by atoms with Gasteiger partial charge in [0.15, 0.2) is 0 Å². The molecule has 0 saturated carbocycles. The Morgan fingerprint density at radius 2 is 2.20 bits per heavy atom. The van der Waals surface area contributed by atoms with Gasteiger partial charge in [-0.05, 0) is 42.8 Å². The fraction of sp³-hybridized carbons (Fsp3) is 0.333. The number of rotatable bonds is 4. The summed E-state index contributed by atoms with van der Waals surface area (Å²) in [6.07, 6.45) is 1.46. The minimum Gasteiger partial charge on any atom is -0.495 e. The molecule has 132 valence electrons. The molecule has 0 bridgehead atoms. The number of carbonyl (C=O) groups is 2. The molecule has 5 nitrogen and oxygen atoms in total. The quantitative estimate of drug-likeness (QED) is 0.875. The molecule has 0 unspecified atom stereocenters. The summed E-state index contributed by atoms with van der Waals surface area (Å²) in [6.45, 7) is 2.45. The van der Waals surface area contributed by atoms with E-state index < -0.39 is 6.04 Å². The van der Waals surface area contributed by atoms with Crippen molar-refractivity contribution in [3.63, 3.8) is 0 Å². The fourth-order valence-corrected chi connectivity index (χ4v) is 3.80. The topological polar surface area (TPSA) is 58.6 Å². The molecule has 7 heteroatoms. The van der Waals surface area contributed by atoms with Crippen LogP contribution in [-0.4, -0.2) is 36.4 Å². The molecule has 1 N–H and O–H groups in total. The van der Waals surface area contributed by atoms with Gasteiger partial charge < -0.3 is 15.0 Å². The molecule has 0 aliphatic carbocycles. The molecule has 1 aliphatic heterocycles. The van der Waals surface area contributed by atoms with Crippen molar-refractivity contribution in [2.24, 2.45) is 0 Å². The lowest BCUT2D eigenvalue weighted by molar-refractivity contribution is -0.119. The molecule has 1 saturated heterocycles. The second-order valence-corrected chi connectivity index (χ2v) is 7.28. The van der Waals surface area contributed by atoms with Crippen LogP contribution in [-0.2, 0) is 4.79 Å². The molecular weight excluding hydrogens is 360 g/mol. The van der Waals surface area contributed by atoms with Crippen LogP contribution in [0.5, 0.6) is 5.75 Å². The van der Waals surface area contributed by atoms with Crippen molar-refractivity contribution >= 4 is 40.4 Å². The molecule has 1 fully saturated rings. The van der Waals surface area contributed by atoms with Crippen molar-refractivity contribution in [2.75, 3.05) is 19.0 Å². The van der Waals surface area contributed by atoms with E-state index in [1.165, 1.54) is 18.4 Å². The van der Waals surface area contributed by atoms with Crippen molar-refractivity contribution < 1.29 is 14.3 Å². The highest BCUT2D eigenvalue weighted by Crippen LogP contribution is 2.32. The zero-order chi connectivity index (χ0) is 18.0. The van der Waals surface area contributed by atoms with E-state index in [1.807, 2.05) is 18.4 Å². The van der Waals surface area contributed by atoms with Gasteiger partial charge in [-0.3, -0.25) is 9.59 Å². The summed E-state index contributed by atoms with van der Waals surface area (Å²) in [5, 5.41) is 5.32. The van der Waals surface area contributed by atoms with E-state index in [-0.39, 0.29) is 11.8 Å². The number of benzene rings is 1. The van der Waals surface area contributed by atoms with Gasteiger partial charge in [-0.1, -0.05) is 17.7 Å². The molecule has 2 aromatic rings. The van der Waals surface area contributed by atoms with Crippen LogP contribution in [0, 0.1) is 6.92 Å². The Hall–Kier alpha value is -2.05. The Balaban J connectivity index is 1.79. The standard InChI is InChI=1S/C18H19ClN2O3S/c1-11-9-13(15(24-2)10-12(11)19)20-17(22)14-5-3-7-21(14)18(23)16-6-4-8-25-16/h4,6,8-10,14H,3,5,7H2,1-2H3,(H,20,22)/t14-/m1/s1. The normalized spacial score (nSPS) is 16.8. The Morgan fingerprint density at radius 1 is 1.40 bits per heavy atom. The first-order valence-electron chi connectivity index (χ1n) is 8.00. The first kappa shape index (κ1) is 17.8. The third-order valence-corrected chi connectivity index (χ3v) is 5.55. The summed E-state index contributed by atoms with van der Waals surface area (Å²) in [5.41, 5.74) is 1.40. The summed E-state index contributed by atoms with van der Waals surface area (Å²) in [7, 11) is 1.53. The van der Waals surface area contributed by atoms with Crippen LogP contribution in [0.2, 0.25) is 5.02 Å². The van der Waals surface area contributed by atoms with E-state index in [0.717, 1.165) is 12.0 Å². The maximum absolute atomic E-state index is 12.8. The monoisotopic (exact) mass is 378 g/mol. The highest BCUT2D eigenvalue weighted by molar-refractivity contribution is 7.12. The van der Waals surface area contributed by atoms with E-state index in [4.69, 9.17) is 16.3 Å². The Labute approximate surface area is 155 Å². The molecule has 1 aliphatic rings. The van der Waals surface area contributed by atoms with Crippen molar-refractivity contribution in [2.45, 2.75) is 25.8 Å². The molecule has 25 heavy (non-hydrogen) atoms. The minimum atomic E-state index is -0.477. The van der Waals surface area contributed by atoms with Gasteiger partial charge in [-0.2, -0.15) is 0 Å². The van der Waals surface area contributed by atoms with E-state index >= 15 is 0 Å². The maximum atomic E-state index is 12.8. The summed E-state index contributed by atoms with van der Waals surface area (Å²) in [6, 6.07) is 6.60. The molecule has 1 aromatic heterocycles. The van der Waals surface area contributed by atoms with Gasteiger partial charge in [0, 0.05) is 17.6 Å². The first-order valence-corrected chi connectivity index (χ1v) is 9.26. The van der Waals surface area contributed by atoms with Crippen LogP contribution in [0.15, 0.2) is 29.6 Å². The number of halogens is 1. The van der Waals surface area contributed by atoms with Crippen molar-refractivity contribution in [3.05, 3.63) is 45.1 Å². The third-order valence-electron chi connectivity index (χ3n) is 4.29.